The molecule has 0 aromatic rings. The first-order valence-electron chi connectivity index (χ1n) is 6.98. The van der Waals surface area contributed by atoms with E-state index in [1.54, 1.807) is 5.01 Å². The van der Waals surface area contributed by atoms with Crippen LogP contribution >= 0.6 is 12.6 Å². The Morgan fingerprint density at radius 3 is 2.68 bits per heavy atom. The zero-order valence-corrected chi connectivity index (χ0v) is 13.0. The fraction of sp³-hybridized carbons (Fsp3) is 0.500. The molecule has 2 aliphatic rings. The quantitative estimate of drug-likeness (QED) is 0.462. The van der Waals surface area contributed by atoms with Crippen molar-refractivity contribution in [3.05, 3.63) is 46.1 Å². The summed E-state index contributed by atoms with van der Waals surface area (Å²) in [6.45, 7) is 4.36. The van der Waals surface area contributed by atoms with E-state index in [0.29, 0.717) is 0 Å². The molecule has 0 aromatic carbocycles. The molecule has 2 N–H and O–H groups in total. The molecule has 2 aliphatic carbocycles. The van der Waals surface area contributed by atoms with E-state index in [9.17, 15) is 0 Å². The minimum absolute atomic E-state index is 0.278. The summed E-state index contributed by atoms with van der Waals surface area (Å²) in [5.41, 5.74) is 4.42. The molecule has 0 amide bonds. The van der Waals surface area contributed by atoms with Gasteiger partial charge in [0.1, 0.15) is 0 Å². The van der Waals surface area contributed by atoms with Crippen molar-refractivity contribution in [3.8, 4) is 0 Å². The maximum Gasteiger partial charge on any atom is 0.0222 e. The lowest BCUT2D eigenvalue weighted by Crippen LogP contribution is -2.27. The maximum atomic E-state index is 5.65. The van der Waals surface area contributed by atoms with Crippen LogP contribution in [0, 0.1) is 5.41 Å². The molecular formula is C16H24N2S. The summed E-state index contributed by atoms with van der Waals surface area (Å²) in [6, 6.07) is 0. The summed E-state index contributed by atoms with van der Waals surface area (Å²) < 4.78 is 0. The third-order valence-corrected chi connectivity index (χ3v) is 4.66. The molecule has 0 heterocycles. The van der Waals surface area contributed by atoms with E-state index in [1.807, 2.05) is 13.2 Å². The van der Waals surface area contributed by atoms with E-state index in [1.165, 1.54) is 36.0 Å². The number of hydrogen-bond acceptors (Lipinski definition) is 3. The van der Waals surface area contributed by atoms with Gasteiger partial charge in [-0.15, -0.1) is 12.6 Å². The number of allylic oxidation sites excluding steroid dienone is 7. The molecule has 0 saturated heterocycles. The molecular weight excluding hydrogens is 252 g/mol. The van der Waals surface area contributed by atoms with Crippen molar-refractivity contribution in [2.75, 3.05) is 7.05 Å². The second-order valence-electron chi connectivity index (χ2n) is 5.62. The molecule has 104 valence electrons. The Bertz CT molecular complexity index is 477. The Balaban J connectivity index is 2.35. The second kappa shape index (κ2) is 5.59. The van der Waals surface area contributed by atoms with Gasteiger partial charge in [-0.3, -0.25) is 0 Å². The molecule has 0 atom stereocenters. The van der Waals surface area contributed by atoms with Crippen LogP contribution < -0.4 is 5.84 Å². The number of thiol groups is 1. The highest BCUT2D eigenvalue weighted by molar-refractivity contribution is 7.84. The highest BCUT2D eigenvalue weighted by Crippen LogP contribution is 2.55. The number of nitrogens with two attached hydrogens (primary N) is 1. The summed E-state index contributed by atoms with van der Waals surface area (Å²) >= 11 is 4.56. The van der Waals surface area contributed by atoms with Crippen molar-refractivity contribution in [1.82, 2.24) is 5.01 Å². The van der Waals surface area contributed by atoms with E-state index in [4.69, 9.17) is 5.84 Å². The summed E-state index contributed by atoms with van der Waals surface area (Å²) in [5.74, 6) is 5.65. The first-order valence-corrected chi connectivity index (χ1v) is 7.43. The van der Waals surface area contributed by atoms with Gasteiger partial charge in [-0.05, 0) is 60.0 Å². The van der Waals surface area contributed by atoms with Crippen LogP contribution in [0.4, 0.5) is 0 Å². The van der Waals surface area contributed by atoms with Crippen LogP contribution in [0.5, 0.6) is 0 Å². The third-order valence-electron chi connectivity index (χ3n) is 4.21. The summed E-state index contributed by atoms with van der Waals surface area (Å²) in [4.78, 5) is 1.16. The van der Waals surface area contributed by atoms with Gasteiger partial charge in [0.25, 0.3) is 0 Å². The number of hydrogen-bond donors (Lipinski definition) is 2. The minimum Gasteiger partial charge on any atom is -0.321 e. The molecule has 19 heavy (non-hydrogen) atoms. The third kappa shape index (κ3) is 2.82. The smallest absolute Gasteiger partial charge is 0.0222 e. The Morgan fingerprint density at radius 2 is 2.21 bits per heavy atom. The monoisotopic (exact) mass is 276 g/mol. The van der Waals surface area contributed by atoms with Crippen molar-refractivity contribution in [2.24, 2.45) is 11.3 Å². The van der Waals surface area contributed by atoms with Crippen LogP contribution in [0.1, 0.15) is 39.5 Å². The van der Waals surface area contributed by atoms with Gasteiger partial charge in [-0.2, -0.15) is 0 Å². The van der Waals surface area contributed by atoms with E-state index in [2.05, 4.69) is 44.7 Å². The Hall–Kier alpha value is -0.930. The zero-order chi connectivity index (χ0) is 14.0. The first kappa shape index (κ1) is 14.5. The highest BCUT2D eigenvalue weighted by Gasteiger charge is 2.42. The Labute approximate surface area is 122 Å². The standard InChI is InChI=1S/C16H24N2S/c1-4-14(19)10-15-12(2)13(6-9-18(3)17)11-16(15)7-5-8-16/h6,9-11,19H,4-5,7-8,17H2,1-3H3/b9-6-,14-10+. The lowest BCUT2D eigenvalue weighted by molar-refractivity contribution is 0.267. The van der Waals surface area contributed by atoms with Crippen molar-refractivity contribution < 1.29 is 0 Å². The van der Waals surface area contributed by atoms with Gasteiger partial charge < -0.3 is 5.01 Å². The molecule has 0 aliphatic heterocycles. The molecule has 2 rings (SSSR count). The minimum atomic E-state index is 0.278. The van der Waals surface area contributed by atoms with Crippen LogP contribution in [0.2, 0.25) is 0 Å². The van der Waals surface area contributed by atoms with Gasteiger partial charge in [-0.25, -0.2) is 5.84 Å². The normalized spacial score (nSPS) is 22.2. The average Bonchev–Trinajstić information content (AvgIpc) is 2.60. The molecule has 0 radical (unpaired) electrons. The van der Waals surface area contributed by atoms with E-state index in [0.717, 1.165) is 11.3 Å². The van der Waals surface area contributed by atoms with Crippen LogP contribution in [0.15, 0.2) is 46.1 Å². The molecule has 1 saturated carbocycles. The van der Waals surface area contributed by atoms with E-state index in [-0.39, 0.29) is 5.41 Å². The lowest BCUT2D eigenvalue weighted by atomic mass is 9.65. The highest BCUT2D eigenvalue weighted by atomic mass is 32.1. The summed E-state index contributed by atoms with van der Waals surface area (Å²) in [7, 11) is 1.84. The van der Waals surface area contributed by atoms with Crippen LogP contribution in [0.3, 0.4) is 0 Å². The second-order valence-corrected chi connectivity index (χ2v) is 6.19. The molecule has 0 bridgehead atoms. The van der Waals surface area contributed by atoms with Crippen molar-refractivity contribution in [1.29, 1.82) is 0 Å². The number of rotatable bonds is 4. The van der Waals surface area contributed by atoms with Gasteiger partial charge in [0, 0.05) is 18.7 Å². The molecule has 3 heteroatoms. The van der Waals surface area contributed by atoms with Crippen LogP contribution in [0.25, 0.3) is 0 Å². The average molecular weight is 276 g/mol. The zero-order valence-electron chi connectivity index (χ0n) is 12.1. The molecule has 1 fully saturated rings. The van der Waals surface area contributed by atoms with Gasteiger partial charge >= 0.3 is 0 Å². The van der Waals surface area contributed by atoms with Gasteiger partial charge in [0.15, 0.2) is 0 Å². The van der Waals surface area contributed by atoms with Gasteiger partial charge in [0.05, 0.1) is 0 Å². The molecule has 1 spiro atoms. The number of hydrazine groups is 1. The summed E-state index contributed by atoms with van der Waals surface area (Å²) in [5, 5.41) is 1.59. The largest absolute Gasteiger partial charge is 0.321 e. The topological polar surface area (TPSA) is 29.3 Å². The predicted molar refractivity (Wildman–Crippen MR) is 85.5 cm³/mol. The van der Waals surface area contributed by atoms with Crippen LogP contribution in [-0.4, -0.2) is 12.1 Å². The summed E-state index contributed by atoms with van der Waals surface area (Å²) in [6.07, 6.45) is 13.6. The van der Waals surface area contributed by atoms with Crippen molar-refractivity contribution in [3.63, 3.8) is 0 Å². The Kier molecular flexibility index (Phi) is 4.26. The fourth-order valence-electron chi connectivity index (χ4n) is 2.88. The fourth-order valence-corrected chi connectivity index (χ4v) is 3.00. The molecule has 0 aromatic heterocycles. The van der Waals surface area contributed by atoms with E-state index >= 15 is 0 Å². The van der Waals surface area contributed by atoms with Crippen molar-refractivity contribution in [2.45, 2.75) is 39.5 Å². The number of nitrogens with zero attached hydrogens (tertiary/aromatic N) is 1. The predicted octanol–water partition coefficient (Wildman–Crippen LogP) is 3.96. The molecule has 0 unspecified atom stereocenters. The maximum absolute atomic E-state index is 5.65. The lowest BCUT2D eigenvalue weighted by Gasteiger charge is -2.39. The first-order chi connectivity index (χ1) is 8.98. The van der Waals surface area contributed by atoms with Gasteiger partial charge in [0.2, 0.25) is 0 Å². The SMILES string of the molecule is CC/C(S)=C\C1=C(C)C(/C=C\N(C)N)=CC12CCC2. The van der Waals surface area contributed by atoms with Crippen LogP contribution in [-0.2, 0) is 0 Å². The Morgan fingerprint density at radius 1 is 1.53 bits per heavy atom. The molecule has 2 nitrogen and oxygen atoms in total. The van der Waals surface area contributed by atoms with Gasteiger partial charge in [-0.1, -0.05) is 19.4 Å². The van der Waals surface area contributed by atoms with E-state index < -0.39 is 0 Å². The van der Waals surface area contributed by atoms with Crippen molar-refractivity contribution >= 4 is 12.6 Å².